The van der Waals surface area contributed by atoms with Crippen LogP contribution in [0.4, 0.5) is 26.3 Å². The molecule has 0 aliphatic rings. The Bertz CT molecular complexity index is 1840. The Hall–Kier alpha value is -3.91. The van der Waals surface area contributed by atoms with Gasteiger partial charge < -0.3 is 20.1 Å². The number of thiazole rings is 2. The zero-order valence-corrected chi connectivity index (χ0v) is 27.8. The van der Waals surface area contributed by atoms with Crippen LogP contribution in [0.1, 0.15) is 32.9 Å². The molecule has 0 amide bonds. The highest BCUT2D eigenvalue weighted by Gasteiger charge is 2.21. The number of anilines is 4. The first-order valence-electron chi connectivity index (χ1n) is 13.4. The molecule has 0 bridgehead atoms. The minimum atomic E-state index is -1.12. The van der Waals surface area contributed by atoms with Crippen molar-refractivity contribution in [2.45, 2.75) is 19.8 Å². The summed E-state index contributed by atoms with van der Waals surface area (Å²) >= 11 is 4.92. The largest absolute Gasteiger partial charge is 0.491 e. The standard InChI is InChI=1S/C30H27FIN7O3S2/c1-18-16-25(36-37-27(18)35-29-33-21-9-4-5-10-23(21)43-29)39(3)30-34-26(28(40)41)24(44-30)11-7-15-42-22-13-12-19(17-20(22)31)8-6-14-38(2)32/h4-5,9-10,12-13,16-17H,7,11,14-15H2,1-3H3,(H,40,41)(H,33,35,37). The zero-order chi connectivity index (χ0) is 31.2. The Morgan fingerprint density at radius 1 is 1.14 bits per heavy atom. The second-order valence-electron chi connectivity index (χ2n) is 9.64. The number of nitrogens with zero attached hydrogens (tertiary/aromatic N) is 6. The van der Waals surface area contributed by atoms with Crippen molar-refractivity contribution in [1.29, 1.82) is 0 Å². The van der Waals surface area contributed by atoms with E-state index in [-0.39, 0.29) is 18.1 Å². The Kier molecular flexibility index (Phi) is 10.2. The lowest BCUT2D eigenvalue weighted by molar-refractivity contribution is 0.0690. The van der Waals surface area contributed by atoms with Crippen LogP contribution in [0.5, 0.6) is 5.75 Å². The van der Waals surface area contributed by atoms with Gasteiger partial charge in [0.1, 0.15) is 0 Å². The first-order valence-corrected chi connectivity index (χ1v) is 16.0. The van der Waals surface area contributed by atoms with Gasteiger partial charge in [-0.05, 0) is 68.8 Å². The molecule has 10 nitrogen and oxygen atoms in total. The predicted molar refractivity (Wildman–Crippen MR) is 181 cm³/mol. The van der Waals surface area contributed by atoms with Gasteiger partial charge in [0.05, 0.1) is 23.4 Å². The number of aryl methyl sites for hydroxylation is 2. The topological polar surface area (TPSA) is 117 Å². The van der Waals surface area contributed by atoms with Crippen LogP contribution in [-0.4, -0.2) is 61.6 Å². The van der Waals surface area contributed by atoms with Gasteiger partial charge >= 0.3 is 5.97 Å². The predicted octanol–water partition coefficient (Wildman–Crippen LogP) is 6.84. The van der Waals surface area contributed by atoms with E-state index in [4.69, 9.17) is 4.74 Å². The van der Waals surface area contributed by atoms with E-state index >= 15 is 0 Å². The minimum absolute atomic E-state index is 0.0260. The fourth-order valence-corrected chi connectivity index (χ4v) is 6.16. The van der Waals surface area contributed by atoms with E-state index < -0.39 is 11.8 Å². The maximum Gasteiger partial charge on any atom is 0.355 e. The monoisotopic (exact) mass is 743 g/mol. The van der Waals surface area contributed by atoms with Crippen LogP contribution >= 0.6 is 45.5 Å². The molecule has 0 spiro atoms. The molecule has 5 aromatic rings. The quantitative estimate of drug-likeness (QED) is 0.0645. The van der Waals surface area contributed by atoms with Crippen molar-refractivity contribution in [2.24, 2.45) is 0 Å². The van der Waals surface area contributed by atoms with E-state index in [2.05, 4.69) is 60.2 Å². The van der Waals surface area contributed by atoms with Crippen LogP contribution in [0.3, 0.4) is 0 Å². The normalized spacial score (nSPS) is 11.0. The molecule has 3 aromatic heterocycles. The number of rotatable bonds is 11. The number of ether oxygens (including phenoxy) is 1. The van der Waals surface area contributed by atoms with E-state index in [1.54, 1.807) is 24.1 Å². The molecule has 2 aromatic carbocycles. The molecule has 44 heavy (non-hydrogen) atoms. The molecule has 226 valence electrons. The smallest absolute Gasteiger partial charge is 0.355 e. The van der Waals surface area contributed by atoms with Crippen molar-refractivity contribution in [2.75, 3.05) is 37.5 Å². The number of aromatic nitrogens is 4. The highest BCUT2D eigenvalue weighted by molar-refractivity contribution is 14.1. The van der Waals surface area contributed by atoms with Crippen LogP contribution in [-0.2, 0) is 6.42 Å². The van der Waals surface area contributed by atoms with Gasteiger partial charge in [-0.25, -0.2) is 22.3 Å². The summed E-state index contributed by atoms with van der Waals surface area (Å²) in [5, 5.41) is 22.9. The zero-order valence-electron chi connectivity index (χ0n) is 24.0. The molecule has 0 saturated heterocycles. The summed E-state index contributed by atoms with van der Waals surface area (Å²) in [5.41, 5.74) is 2.29. The maximum absolute atomic E-state index is 14.5. The van der Waals surface area contributed by atoms with Crippen LogP contribution in [0, 0.1) is 24.6 Å². The number of nitrogens with one attached hydrogen (secondary N) is 1. The molecule has 0 aliphatic heterocycles. The fourth-order valence-electron chi connectivity index (χ4n) is 4.06. The highest BCUT2D eigenvalue weighted by Crippen LogP contribution is 2.33. The molecule has 0 aliphatic carbocycles. The van der Waals surface area contributed by atoms with Crippen LogP contribution < -0.4 is 15.0 Å². The van der Waals surface area contributed by atoms with Gasteiger partial charge in [0, 0.05) is 40.4 Å². The number of carbonyl (C=O) groups is 1. The average molecular weight is 744 g/mol. The average Bonchev–Trinajstić information content (AvgIpc) is 3.61. The number of hydrogen-bond acceptors (Lipinski definition) is 11. The molecular weight excluding hydrogens is 716 g/mol. The van der Waals surface area contributed by atoms with Gasteiger partial charge in [-0.2, -0.15) is 0 Å². The summed E-state index contributed by atoms with van der Waals surface area (Å²) in [7, 11) is 3.66. The number of benzene rings is 2. The molecule has 0 radical (unpaired) electrons. The third kappa shape index (κ3) is 7.78. The summed E-state index contributed by atoms with van der Waals surface area (Å²) in [5.74, 6) is 5.49. The number of para-hydroxylation sites is 1. The molecule has 0 atom stereocenters. The number of hydrogen-bond donors (Lipinski definition) is 2. The molecule has 0 saturated carbocycles. The number of carboxylic acids is 1. The van der Waals surface area contributed by atoms with Crippen molar-refractivity contribution in [3.8, 4) is 17.6 Å². The molecular formula is C30H27FIN7O3S2. The van der Waals surface area contributed by atoms with Crippen molar-refractivity contribution in [1.82, 2.24) is 23.3 Å². The number of halogens is 2. The molecule has 2 N–H and O–H groups in total. The third-order valence-electron chi connectivity index (χ3n) is 6.28. The lowest BCUT2D eigenvalue weighted by atomic mass is 10.2. The summed E-state index contributed by atoms with van der Waals surface area (Å²) in [6, 6.07) is 14.3. The summed E-state index contributed by atoms with van der Waals surface area (Å²) in [6.45, 7) is 2.68. The Balaban J connectivity index is 1.21. The van der Waals surface area contributed by atoms with Crippen LogP contribution in [0.25, 0.3) is 10.2 Å². The first-order chi connectivity index (χ1) is 21.2. The number of fused-ring (bicyclic) bond motifs is 1. The summed E-state index contributed by atoms with van der Waals surface area (Å²) in [4.78, 5) is 23.2. The van der Waals surface area contributed by atoms with Crippen LogP contribution in [0.2, 0.25) is 0 Å². The van der Waals surface area contributed by atoms with Gasteiger partial charge in [-0.1, -0.05) is 35.3 Å². The third-order valence-corrected chi connectivity index (χ3v) is 8.76. The van der Waals surface area contributed by atoms with Gasteiger partial charge in [-0.3, -0.25) is 0 Å². The minimum Gasteiger partial charge on any atom is -0.491 e. The van der Waals surface area contributed by atoms with Gasteiger partial charge in [0.15, 0.2) is 39.2 Å². The highest BCUT2D eigenvalue weighted by atomic mass is 127. The second-order valence-corrected chi connectivity index (χ2v) is 13.4. The molecule has 14 heteroatoms. The van der Waals surface area contributed by atoms with Crippen molar-refractivity contribution in [3.05, 3.63) is 76.0 Å². The lowest BCUT2D eigenvalue weighted by Crippen LogP contribution is -2.13. The van der Waals surface area contributed by atoms with Gasteiger partial charge in [0.25, 0.3) is 0 Å². The maximum atomic E-state index is 14.5. The molecule has 0 fully saturated rings. The SMILES string of the molecule is Cc1cc(N(C)c2nc(C(=O)O)c(CCCOc3ccc(C#CCN(C)I)cc3F)s2)nnc1Nc1nc2ccccc2s1. The van der Waals surface area contributed by atoms with Crippen molar-refractivity contribution in [3.63, 3.8) is 0 Å². The molecule has 3 heterocycles. The summed E-state index contributed by atoms with van der Waals surface area (Å²) in [6.07, 6.45) is 0.873. The number of aromatic carboxylic acids is 1. The van der Waals surface area contributed by atoms with E-state index in [0.717, 1.165) is 15.8 Å². The van der Waals surface area contributed by atoms with Crippen molar-refractivity contribution >= 4 is 83.6 Å². The lowest BCUT2D eigenvalue weighted by Gasteiger charge is -2.15. The van der Waals surface area contributed by atoms with E-state index in [0.29, 0.717) is 51.7 Å². The Morgan fingerprint density at radius 3 is 2.68 bits per heavy atom. The number of carboxylic acid groups (broad SMARTS) is 1. The first kappa shape index (κ1) is 31.5. The van der Waals surface area contributed by atoms with E-state index in [9.17, 15) is 14.3 Å². The molecule has 0 unspecified atom stereocenters. The Labute approximate surface area is 275 Å². The van der Waals surface area contributed by atoms with Gasteiger partial charge in [0.2, 0.25) is 0 Å². The van der Waals surface area contributed by atoms with Crippen molar-refractivity contribution < 1.29 is 19.0 Å². The van der Waals surface area contributed by atoms with E-state index in [1.807, 2.05) is 47.4 Å². The van der Waals surface area contributed by atoms with E-state index in [1.165, 1.54) is 28.7 Å². The Morgan fingerprint density at radius 2 is 1.95 bits per heavy atom. The fraction of sp³-hybridized carbons (Fsp3) is 0.233. The second kappa shape index (κ2) is 14.2. The van der Waals surface area contributed by atoms with Gasteiger partial charge in [-0.15, -0.1) is 21.5 Å². The molecule has 5 rings (SSSR count). The summed E-state index contributed by atoms with van der Waals surface area (Å²) < 4.78 is 23.1. The van der Waals surface area contributed by atoms with Crippen LogP contribution in [0.15, 0.2) is 48.5 Å².